The van der Waals surface area contributed by atoms with Crippen LogP contribution < -0.4 is 0 Å². The van der Waals surface area contributed by atoms with Crippen molar-refractivity contribution in [2.75, 3.05) is 19.7 Å². The Hall–Kier alpha value is -1.80. The molecule has 1 atom stereocenters. The Morgan fingerprint density at radius 1 is 1.04 bits per heavy atom. The molecule has 2 fully saturated rings. The zero-order valence-electron chi connectivity index (χ0n) is 14.8. The second-order valence-electron chi connectivity index (χ2n) is 7.25. The molecule has 0 N–H and O–H groups in total. The van der Waals surface area contributed by atoms with E-state index in [0.717, 1.165) is 62.9 Å². The van der Waals surface area contributed by atoms with Crippen molar-refractivity contribution < 1.29 is 13.8 Å². The second kappa shape index (κ2) is 7.21. The molecule has 25 heavy (non-hydrogen) atoms. The van der Waals surface area contributed by atoms with Crippen LogP contribution in [0.15, 0.2) is 9.05 Å². The molecule has 0 unspecified atom stereocenters. The van der Waals surface area contributed by atoms with Gasteiger partial charge in [0.25, 0.3) is 5.89 Å². The topological polar surface area (TPSA) is 90.3 Å². The molecule has 4 heterocycles. The molecule has 0 aromatic carbocycles. The minimum absolute atomic E-state index is 0.0142. The Morgan fingerprint density at radius 2 is 1.84 bits per heavy atom. The highest BCUT2D eigenvalue weighted by Gasteiger charge is 2.28. The number of hydrogen-bond donors (Lipinski definition) is 0. The summed E-state index contributed by atoms with van der Waals surface area (Å²) in [6.07, 6.45) is 4.03. The third-order valence-corrected chi connectivity index (χ3v) is 4.96. The van der Waals surface area contributed by atoms with Crippen LogP contribution in [-0.2, 0) is 11.3 Å². The first kappa shape index (κ1) is 16.7. The summed E-state index contributed by atoms with van der Waals surface area (Å²) in [6.45, 7) is 7.58. The standard InChI is InChI=1S/C17H25N5O3/c1-11(2)15-19-16(24-21-15)12-5-7-22(8-6-12)10-14-18-17(25-20-14)13-4-3-9-23-13/h11-13H,3-10H2,1-2H3/t13-/m1/s1. The van der Waals surface area contributed by atoms with Crippen LogP contribution in [0.4, 0.5) is 0 Å². The molecule has 2 saturated heterocycles. The first-order chi connectivity index (χ1) is 12.2. The summed E-state index contributed by atoms with van der Waals surface area (Å²) in [5.74, 6) is 3.59. The smallest absolute Gasteiger partial charge is 0.255 e. The zero-order valence-corrected chi connectivity index (χ0v) is 14.8. The van der Waals surface area contributed by atoms with Gasteiger partial charge in [-0.15, -0.1) is 0 Å². The fraction of sp³-hybridized carbons (Fsp3) is 0.765. The summed E-state index contributed by atoms with van der Waals surface area (Å²) in [7, 11) is 0. The van der Waals surface area contributed by atoms with Gasteiger partial charge in [0.1, 0.15) is 6.10 Å². The van der Waals surface area contributed by atoms with Gasteiger partial charge in [-0.25, -0.2) is 0 Å². The largest absolute Gasteiger partial charge is 0.368 e. The number of ether oxygens (including phenoxy) is 1. The molecule has 2 aromatic rings. The van der Waals surface area contributed by atoms with Gasteiger partial charge in [0, 0.05) is 18.4 Å². The van der Waals surface area contributed by atoms with Gasteiger partial charge in [0.05, 0.1) is 6.54 Å². The van der Waals surface area contributed by atoms with Crippen LogP contribution >= 0.6 is 0 Å². The average Bonchev–Trinajstić information content (AvgIpc) is 3.36. The maximum absolute atomic E-state index is 5.59. The van der Waals surface area contributed by atoms with Crippen LogP contribution in [0.25, 0.3) is 0 Å². The van der Waals surface area contributed by atoms with Crippen molar-refractivity contribution in [3.8, 4) is 0 Å². The highest BCUT2D eigenvalue weighted by molar-refractivity contribution is 4.99. The predicted octanol–water partition coefficient (Wildman–Crippen LogP) is 2.81. The highest BCUT2D eigenvalue weighted by Crippen LogP contribution is 2.29. The first-order valence-electron chi connectivity index (χ1n) is 9.19. The Kier molecular flexibility index (Phi) is 4.80. The molecule has 2 aromatic heterocycles. The van der Waals surface area contributed by atoms with Crippen molar-refractivity contribution in [1.29, 1.82) is 0 Å². The molecule has 0 radical (unpaired) electrons. The van der Waals surface area contributed by atoms with Crippen LogP contribution in [0.1, 0.15) is 80.9 Å². The van der Waals surface area contributed by atoms with Crippen LogP contribution in [0.3, 0.4) is 0 Å². The third-order valence-electron chi connectivity index (χ3n) is 4.96. The Bertz CT molecular complexity index is 684. The van der Waals surface area contributed by atoms with Gasteiger partial charge < -0.3 is 13.8 Å². The van der Waals surface area contributed by atoms with Crippen LogP contribution in [0.2, 0.25) is 0 Å². The van der Waals surface area contributed by atoms with E-state index in [4.69, 9.17) is 13.8 Å². The van der Waals surface area contributed by atoms with Crippen LogP contribution in [0.5, 0.6) is 0 Å². The molecule has 2 aliphatic rings. The molecule has 0 bridgehead atoms. The van der Waals surface area contributed by atoms with Gasteiger partial charge >= 0.3 is 0 Å². The van der Waals surface area contributed by atoms with Crippen molar-refractivity contribution in [2.24, 2.45) is 0 Å². The van der Waals surface area contributed by atoms with Gasteiger partial charge in [-0.05, 0) is 38.8 Å². The van der Waals surface area contributed by atoms with Gasteiger partial charge in [0.15, 0.2) is 11.6 Å². The van der Waals surface area contributed by atoms with Crippen LogP contribution in [-0.4, -0.2) is 44.9 Å². The van der Waals surface area contributed by atoms with E-state index in [0.29, 0.717) is 24.3 Å². The monoisotopic (exact) mass is 347 g/mol. The summed E-state index contributed by atoms with van der Waals surface area (Å²) in [5, 5.41) is 8.18. The van der Waals surface area contributed by atoms with E-state index in [1.54, 1.807) is 0 Å². The van der Waals surface area contributed by atoms with Crippen LogP contribution in [0, 0.1) is 0 Å². The Labute approximate surface area is 146 Å². The number of rotatable bonds is 5. The molecule has 0 saturated carbocycles. The molecule has 8 heteroatoms. The van der Waals surface area contributed by atoms with Gasteiger partial charge in [-0.1, -0.05) is 24.2 Å². The van der Waals surface area contributed by atoms with Gasteiger partial charge in [-0.3, -0.25) is 4.90 Å². The number of hydrogen-bond acceptors (Lipinski definition) is 8. The second-order valence-corrected chi connectivity index (χ2v) is 7.25. The number of nitrogens with zero attached hydrogens (tertiary/aromatic N) is 5. The normalized spacial score (nSPS) is 22.9. The Morgan fingerprint density at radius 3 is 2.52 bits per heavy atom. The lowest BCUT2D eigenvalue weighted by Crippen LogP contribution is -2.32. The molecular formula is C17H25N5O3. The summed E-state index contributed by atoms with van der Waals surface area (Å²) in [5.41, 5.74) is 0. The SMILES string of the molecule is CC(C)c1noc(C2CCN(Cc3noc([C@H]4CCCO4)n3)CC2)n1. The van der Waals surface area contributed by atoms with E-state index < -0.39 is 0 Å². The summed E-state index contributed by atoms with van der Waals surface area (Å²) in [6, 6.07) is 0. The minimum Gasteiger partial charge on any atom is -0.368 e. The first-order valence-corrected chi connectivity index (χ1v) is 9.19. The van der Waals surface area contributed by atoms with E-state index in [1.165, 1.54) is 0 Å². The van der Waals surface area contributed by atoms with E-state index in [2.05, 4.69) is 39.0 Å². The lowest BCUT2D eigenvalue weighted by atomic mass is 9.97. The number of piperidine rings is 1. The average molecular weight is 347 g/mol. The van der Waals surface area contributed by atoms with Crippen molar-refractivity contribution in [3.63, 3.8) is 0 Å². The van der Waals surface area contributed by atoms with Crippen molar-refractivity contribution in [1.82, 2.24) is 25.2 Å². The predicted molar refractivity (Wildman–Crippen MR) is 87.9 cm³/mol. The Balaban J connectivity index is 1.30. The fourth-order valence-electron chi connectivity index (χ4n) is 3.42. The maximum atomic E-state index is 5.59. The molecule has 0 aliphatic carbocycles. The third kappa shape index (κ3) is 3.74. The molecule has 0 spiro atoms. The zero-order chi connectivity index (χ0) is 17.2. The van der Waals surface area contributed by atoms with Crippen molar-refractivity contribution in [3.05, 3.63) is 23.4 Å². The number of likely N-dealkylation sites (tertiary alicyclic amines) is 1. The fourth-order valence-corrected chi connectivity index (χ4v) is 3.42. The summed E-state index contributed by atoms with van der Waals surface area (Å²) < 4.78 is 16.4. The molecule has 136 valence electrons. The van der Waals surface area contributed by atoms with Crippen molar-refractivity contribution in [2.45, 2.75) is 64.0 Å². The van der Waals surface area contributed by atoms with E-state index >= 15 is 0 Å². The van der Waals surface area contributed by atoms with E-state index in [-0.39, 0.29) is 6.10 Å². The van der Waals surface area contributed by atoms with E-state index in [9.17, 15) is 0 Å². The van der Waals surface area contributed by atoms with Crippen molar-refractivity contribution >= 4 is 0 Å². The van der Waals surface area contributed by atoms with E-state index in [1.807, 2.05) is 0 Å². The van der Waals surface area contributed by atoms with Gasteiger partial charge in [-0.2, -0.15) is 9.97 Å². The van der Waals surface area contributed by atoms with Gasteiger partial charge in [0.2, 0.25) is 5.89 Å². The molecule has 8 nitrogen and oxygen atoms in total. The minimum atomic E-state index is -0.0142. The molecule has 2 aliphatic heterocycles. The molecule has 4 rings (SSSR count). The quantitative estimate of drug-likeness (QED) is 0.815. The lowest BCUT2D eigenvalue weighted by Gasteiger charge is -2.29. The highest BCUT2D eigenvalue weighted by atomic mass is 16.5. The number of aromatic nitrogens is 4. The summed E-state index contributed by atoms with van der Waals surface area (Å²) in [4.78, 5) is 11.4. The maximum Gasteiger partial charge on any atom is 0.255 e. The molecular weight excluding hydrogens is 322 g/mol. The lowest BCUT2D eigenvalue weighted by molar-refractivity contribution is 0.0835. The summed E-state index contributed by atoms with van der Waals surface area (Å²) >= 11 is 0. The molecule has 0 amide bonds.